The van der Waals surface area contributed by atoms with Crippen LogP contribution in [0.5, 0.6) is 0 Å². The summed E-state index contributed by atoms with van der Waals surface area (Å²) in [6, 6.07) is 0. The molecule has 0 rings (SSSR count). The predicted molar refractivity (Wildman–Crippen MR) is 31.2 cm³/mol. The predicted octanol–water partition coefficient (Wildman–Crippen LogP) is -2.74. The minimum atomic E-state index is -1.64. The molecule has 0 spiro atoms. The Morgan fingerprint density at radius 3 is 2.10 bits per heavy atom. The normalized spacial score (nSPS) is 19.6. The van der Waals surface area contributed by atoms with Crippen LogP contribution in [-0.4, -0.2) is 51.6 Å². The molecule has 0 saturated heterocycles. The van der Waals surface area contributed by atoms with Crippen LogP contribution >= 0.6 is 0 Å². The lowest BCUT2D eigenvalue weighted by Crippen LogP contribution is -2.40. The highest BCUT2D eigenvalue weighted by atomic mass is 16.4. The molecule has 0 aliphatic rings. The second-order valence-electron chi connectivity index (χ2n) is 1.87. The number of aldehydes is 1. The van der Waals surface area contributed by atoms with Gasteiger partial charge in [0.05, 0.1) is 6.61 Å². The molecule has 0 aliphatic heterocycles. The van der Waals surface area contributed by atoms with E-state index in [0.717, 1.165) is 0 Å². The minimum absolute atomic E-state index is 0.0869. The van der Waals surface area contributed by atoms with Gasteiger partial charge in [0, 0.05) is 0 Å². The number of carbonyl (C=O) groups is 1. The molecule has 0 saturated carbocycles. The van der Waals surface area contributed by atoms with Gasteiger partial charge in [0.2, 0.25) is 0 Å². The van der Waals surface area contributed by atoms with Crippen LogP contribution in [0.25, 0.3) is 0 Å². The third-order valence-corrected chi connectivity index (χ3v) is 1.07. The van der Waals surface area contributed by atoms with Crippen molar-refractivity contribution in [3.63, 3.8) is 0 Å². The van der Waals surface area contributed by atoms with Crippen LogP contribution in [0.15, 0.2) is 0 Å². The van der Waals surface area contributed by atoms with E-state index >= 15 is 0 Å². The molecular formula is C5H10O5. The van der Waals surface area contributed by atoms with Crippen LogP contribution in [0.2, 0.25) is 0 Å². The van der Waals surface area contributed by atoms with Gasteiger partial charge in [-0.2, -0.15) is 0 Å². The summed E-state index contributed by atoms with van der Waals surface area (Å²) in [5.74, 6) is 0. The fraction of sp³-hybridized carbons (Fsp3) is 0.800. The van der Waals surface area contributed by atoms with E-state index in [2.05, 4.69) is 0 Å². The smallest absolute Gasteiger partial charge is 0.151 e. The third kappa shape index (κ3) is 2.40. The number of aliphatic hydroxyl groups excluding tert-OH is 4. The molecule has 0 aromatic carbocycles. The van der Waals surface area contributed by atoms with Crippen molar-refractivity contribution in [1.82, 2.24) is 0 Å². The second-order valence-corrected chi connectivity index (χ2v) is 1.87. The van der Waals surface area contributed by atoms with Crippen LogP contribution in [-0.2, 0) is 4.79 Å². The molecule has 0 fully saturated rings. The molecule has 3 atom stereocenters. The van der Waals surface area contributed by atoms with E-state index in [1.54, 1.807) is 0 Å². The van der Waals surface area contributed by atoms with Crippen molar-refractivity contribution in [2.45, 2.75) is 18.3 Å². The highest BCUT2D eigenvalue weighted by Gasteiger charge is 2.22. The van der Waals surface area contributed by atoms with Crippen LogP contribution in [0, 0.1) is 0 Å². The van der Waals surface area contributed by atoms with Crippen LogP contribution in [0.1, 0.15) is 0 Å². The Morgan fingerprint density at radius 1 is 1.30 bits per heavy atom. The highest BCUT2D eigenvalue weighted by molar-refractivity contribution is 5.56. The summed E-state index contributed by atoms with van der Waals surface area (Å²) in [7, 11) is 0. The lowest BCUT2D eigenvalue weighted by atomic mass is 10.4. The summed E-state index contributed by atoms with van der Waals surface area (Å²) >= 11 is 0. The molecule has 0 aromatic heterocycles. The zero-order chi connectivity index (χ0) is 8.15. The first kappa shape index (κ1) is 9.51. The maximum atomic E-state index is 9.76. The molecule has 0 bridgehead atoms. The molecular weight excluding hydrogens is 142 g/mol. The van der Waals surface area contributed by atoms with Crippen molar-refractivity contribution in [3.8, 4) is 0 Å². The quantitative estimate of drug-likeness (QED) is 0.259. The van der Waals surface area contributed by atoms with Gasteiger partial charge < -0.3 is 25.2 Å². The molecule has 4 N–H and O–H groups in total. The summed E-state index contributed by atoms with van der Waals surface area (Å²) in [4.78, 5) is 9.76. The minimum Gasteiger partial charge on any atom is -0.394 e. The SMILES string of the molecule is O=[13CH][C@H](O)[13C@H](O)[C@H](O)CO. The molecule has 0 unspecified atom stereocenters. The van der Waals surface area contributed by atoms with Crippen molar-refractivity contribution in [1.29, 1.82) is 0 Å². The first-order valence-electron chi connectivity index (χ1n) is 2.73. The zero-order valence-corrected chi connectivity index (χ0v) is 5.21. The van der Waals surface area contributed by atoms with E-state index in [1.807, 2.05) is 0 Å². The van der Waals surface area contributed by atoms with Gasteiger partial charge in [0.15, 0.2) is 6.29 Å². The Balaban J connectivity index is 3.80. The largest absolute Gasteiger partial charge is 0.394 e. The van der Waals surface area contributed by atoms with Crippen molar-refractivity contribution < 1.29 is 25.2 Å². The Labute approximate surface area is 57.5 Å². The fourth-order valence-corrected chi connectivity index (χ4v) is 0.416. The highest BCUT2D eigenvalue weighted by Crippen LogP contribution is 1.96. The fourth-order valence-electron chi connectivity index (χ4n) is 0.416. The second kappa shape index (κ2) is 4.35. The molecule has 0 heterocycles. The van der Waals surface area contributed by atoms with E-state index < -0.39 is 24.9 Å². The van der Waals surface area contributed by atoms with E-state index in [4.69, 9.17) is 20.4 Å². The maximum absolute atomic E-state index is 9.76. The van der Waals surface area contributed by atoms with Crippen molar-refractivity contribution in [2.75, 3.05) is 6.61 Å². The van der Waals surface area contributed by atoms with Crippen LogP contribution in [0.3, 0.4) is 0 Å². The number of hydrogen-bond acceptors (Lipinski definition) is 5. The molecule has 10 heavy (non-hydrogen) atoms. The van der Waals surface area contributed by atoms with Crippen LogP contribution in [0.4, 0.5) is 0 Å². The van der Waals surface area contributed by atoms with Crippen molar-refractivity contribution in [3.05, 3.63) is 0 Å². The summed E-state index contributed by atoms with van der Waals surface area (Å²) in [6.45, 7) is -0.688. The van der Waals surface area contributed by atoms with Crippen LogP contribution < -0.4 is 0 Å². The molecule has 0 aliphatic carbocycles. The van der Waals surface area contributed by atoms with E-state index in [-0.39, 0.29) is 6.29 Å². The van der Waals surface area contributed by atoms with Gasteiger partial charge in [0.25, 0.3) is 0 Å². The number of carbonyl (C=O) groups excluding carboxylic acids is 1. The standard InChI is InChI=1S/C5H10O5/c6-1-3(8)5(10)4(9)2-7/h1,3-5,7-10H,2H2/t3-,4+,5-/m0/s1/i1+1,5+1. The molecule has 0 aromatic rings. The summed E-state index contributed by atoms with van der Waals surface area (Å²) in [5.41, 5.74) is 0. The van der Waals surface area contributed by atoms with Gasteiger partial charge in [-0.1, -0.05) is 0 Å². The van der Waals surface area contributed by atoms with Gasteiger partial charge in [-0.25, -0.2) is 0 Å². The maximum Gasteiger partial charge on any atom is 0.151 e. The topological polar surface area (TPSA) is 98.0 Å². The van der Waals surface area contributed by atoms with Gasteiger partial charge in [-0.15, -0.1) is 0 Å². The lowest BCUT2D eigenvalue weighted by molar-refractivity contribution is -0.127. The van der Waals surface area contributed by atoms with Gasteiger partial charge in [0.1, 0.15) is 18.3 Å². The first-order chi connectivity index (χ1) is 4.63. The number of hydrogen-bond donors (Lipinski definition) is 4. The van der Waals surface area contributed by atoms with E-state index in [0.29, 0.717) is 0 Å². The third-order valence-electron chi connectivity index (χ3n) is 1.07. The average Bonchev–Trinajstić information content (AvgIpc) is 2.00. The molecule has 0 amide bonds. The van der Waals surface area contributed by atoms with E-state index in [9.17, 15) is 4.79 Å². The van der Waals surface area contributed by atoms with Gasteiger partial charge >= 0.3 is 0 Å². The lowest BCUT2D eigenvalue weighted by Gasteiger charge is -2.16. The number of rotatable bonds is 4. The zero-order valence-electron chi connectivity index (χ0n) is 5.21. The van der Waals surface area contributed by atoms with Crippen molar-refractivity contribution in [2.24, 2.45) is 0 Å². The Morgan fingerprint density at radius 2 is 1.80 bits per heavy atom. The average molecular weight is 152 g/mol. The summed E-state index contributed by atoms with van der Waals surface area (Å²) < 4.78 is 0. The molecule has 60 valence electrons. The van der Waals surface area contributed by atoms with Gasteiger partial charge in [-0.3, -0.25) is 0 Å². The molecule has 5 heteroatoms. The summed E-state index contributed by atoms with van der Waals surface area (Å²) in [6.07, 6.45) is -4.63. The first-order valence-corrected chi connectivity index (χ1v) is 2.73. The Hall–Kier alpha value is -0.490. The Kier molecular flexibility index (Phi) is 4.13. The number of aliphatic hydroxyl groups is 4. The summed E-state index contributed by atoms with van der Waals surface area (Å²) in [5, 5.41) is 34.1. The van der Waals surface area contributed by atoms with Gasteiger partial charge in [-0.05, 0) is 0 Å². The van der Waals surface area contributed by atoms with E-state index in [1.165, 1.54) is 0 Å². The Bertz CT molecular complexity index is 104. The molecule has 5 nitrogen and oxygen atoms in total. The monoisotopic (exact) mass is 152 g/mol. The van der Waals surface area contributed by atoms with Crippen molar-refractivity contribution >= 4 is 6.29 Å². The molecule has 0 radical (unpaired) electrons.